The molecule has 3 fully saturated rings. The van der Waals surface area contributed by atoms with Crippen molar-refractivity contribution in [3.05, 3.63) is 65.9 Å². The van der Waals surface area contributed by atoms with Gasteiger partial charge in [0.05, 0.1) is 61.6 Å². The SMILES string of the molecule is CC[C@H]1CC[C@@H](c2ncc(-c3ccc4c(c3)COc3cc5c(ccc6[nH]c([C@@H]7CC[C@H](C)N7C(=O)[C@@H](CC(=O)OC)C7CCOCC7)nc65)cc3-4)[nH]2)N1C(=O)C(NC(=O)OC)C(C)C. The van der Waals surface area contributed by atoms with Gasteiger partial charge in [0.15, 0.2) is 0 Å². The molecule has 0 bridgehead atoms. The Morgan fingerprint density at radius 2 is 1.66 bits per heavy atom. The maximum atomic E-state index is 14.5. The smallest absolute Gasteiger partial charge is 0.407 e. The van der Waals surface area contributed by atoms with Crippen LogP contribution in [0.2, 0.25) is 0 Å². The van der Waals surface area contributed by atoms with Crippen molar-refractivity contribution in [1.82, 2.24) is 35.1 Å². The maximum Gasteiger partial charge on any atom is 0.407 e. The van der Waals surface area contributed by atoms with Crippen molar-refractivity contribution >= 4 is 45.7 Å². The van der Waals surface area contributed by atoms with Gasteiger partial charge in [-0.15, -0.1) is 0 Å². The van der Waals surface area contributed by atoms with Gasteiger partial charge in [0.1, 0.15) is 30.0 Å². The largest absolute Gasteiger partial charge is 0.488 e. The predicted molar refractivity (Wildman–Crippen MR) is 240 cm³/mol. The van der Waals surface area contributed by atoms with Gasteiger partial charge in [0, 0.05) is 36.2 Å². The number of nitrogens with one attached hydrogen (secondary N) is 3. The number of H-pyrrole nitrogens is 2. The molecule has 3 saturated heterocycles. The quantitative estimate of drug-likeness (QED) is 0.110. The molecule has 3 aromatic carbocycles. The molecule has 3 N–H and O–H groups in total. The Labute approximate surface area is 372 Å². The van der Waals surface area contributed by atoms with Crippen LogP contribution in [0, 0.1) is 17.8 Å². The summed E-state index contributed by atoms with van der Waals surface area (Å²) in [4.78, 5) is 74.2. The van der Waals surface area contributed by atoms with E-state index in [1.54, 1.807) is 0 Å². The number of amides is 3. The number of hydrogen-bond acceptors (Lipinski definition) is 10. The summed E-state index contributed by atoms with van der Waals surface area (Å²) in [6.07, 6.45) is 6.76. The van der Waals surface area contributed by atoms with Gasteiger partial charge in [-0.05, 0) is 110 Å². The summed E-state index contributed by atoms with van der Waals surface area (Å²) < 4.78 is 22.0. The minimum atomic E-state index is -0.717. The molecule has 0 saturated carbocycles. The van der Waals surface area contributed by atoms with Gasteiger partial charge in [-0.25, -0.2) is 14.8 Å². The highest BCUT2D eigenvalue weighted by Crippen LogP contribution is 2.45. The fraction of sp³-hybridized carbons (Fsp3) is 0.510. The first-order valence-corrected chi connectivity index (χ1v) is 22.9. The number of imidazole rings is 2. The van der Waals surface area contributed by atoms with Crippen molar-refractivity contribution in [3.8, 4) is 28.1 Å². The predicted octanol–water partition coefficient (Wildman–Crippen LogP) is 8.15. The van der Waals surface area contributed by atoms with Crippen molar-refractivity contribution in [2.45, 2.75) is 116 Å². The van der Waals surface area contributed by atoms with Crippen LogP contribution in [0.25, 0.3) is 44.2 Å². The number of carbonyl (C=O) groups is 4. The van der Waals surface area contributed by atoms with Crippen LogP contribution in [0.1, 0.15) is 108 Å². The Bertz CT molecular complexity index is 2580. The summed E-state index contributed by atoms with van der Waals surface area (Å²) in [5, 5.41) is 4.74. The molecule has 6 atom stereocenters. The Kier molecular flexibility index (Phi) is 12.1. The van der Waals surface area contributed by atoms with Crippen LogP contribution in [-0.2, 0) is 35.2 Å². The number of aromatic amines is 2. The second-order valence-corrected chi connectivity index (χ2v) is 18.3. The molecule has 15 nitrogen and oxygen atoms in total. The number of benzene rings is 3. The van der Waals surface area contributed by atoms with Crippen LogP contribution in [0.15, 0.2) is 48.7 Å². The van der Waals surface area contributed by atoms with Gasteiger partial charge >= 0.3 is 12.1 Å². The number of rotatable bonds is 11. The molecule has 0 spiro atoms. The van der Waals surface area contributed by atoms with E-state index in [0.717, 1.165) is 112 Å². The molecule has 0 radical (unpaired) electrons. The molecule has 6 heterocycles. The fourth-order valence-corrected chi connectivity index (χ4v) is 10.7. The summed E-state index contributed by atoms with van der Waals surface area (Å²) in [7, 11) is 2.68. The third-order valence-electron chi connectivity index (χ3n) is 14.2. The van der Waals surface area contributed by atoms with Crippen LogP contribution < -0.4 is 10.1 Å². The highest BCUT2D eigenvalue weighted by Gasteiger charge is 2.44. The van der Waals surface area contributed by atoms with Gasteiger partial charge in [-0.2, -0.15) is 0 Å². The molecule has 2 aromatic heterocycles. The standard InChI is InChI=1S/C49H59N7O8/c1-7-32-11-15-39(56(32)48(59)43(26(2)3)54-49(60)62-6)45-50-24-38(52-45)30-9-12-33-31(20-30)25-64-41-22-34-29(21-36(33)41)10-13-37-44(34)53-46(51-37)40-14-8-27(4)55(40)47(58)35(23-42(57)61-5)28-16-18-63-19-17-28/h9-10,12-13,20-22,24,26-28,32,35,39-40,43H,7-8,11,14-19,23,25H2,1-6H3,(H,50,52)(H,51,53)(H,54,60)/t27-,32-,35-,39-,40-,43?/m0/s1. The molecule has 9 rings (SSSR count). The second-order valence-electron chi connectivity index (χ2n) is 18.3. The summed E-state index contributed by atoms with van der Waals surface area (Å²) in [6, 6.07) is 13.6. The molecular formula is C49H59N7O8. The Morgan fingerprint density at radius 1 is 0.875 bits per heavy atom. The van der Waals surface area contributed by atoms with Gasteiger partial charge in [-0.1, -0.05) is 39.0 Å². The normalized spacial score (nSPS) is 22.0. The third-order valence-corrected chi connectivity index (χ3v) is 14.2. The zero-order chi connectivity index (χ0) is 44.8. The van der Waals surface area contributed by atoms with Gasteiger partial charge < -0.3 is 44.0 Å². The molecule has 15 heteroatoms. The molecule has 4 aliphatic heterocycles. The van der Waals surface area contributed by atoms with Crippen LogP contribution in [0.4, 0.5) is 4.79 Å². The minimum absolute atomic E-state index is 0.00139. The van der Waals surface area contributed by atoms with Crippen molar-refractivity contribution in [2.75, 3.05) is 27.4 Å². The minimum Gasteiger partial charge on any atom is -0.488 e. The van der Waals surface area contributed by atoms with Gasteiger partial charge in [0.2, 0.25) is 11.8 Å². The average molecular weight is 874 g/mol. The lowest BCUT2D eigenvalue weighted by Crippen LogP contribution is -2.53. The summed E-state index contributed by atoms with van der Waals surface area (Å²) in [6.45, 7) is 9.55. The molecule has 5 aromatic rings. The van der Waals surface area contributed by atoms with Crippen molar-refractivity contribution < 1.29 is 38.1 Å². The van der Waals surface area contributed by atoms with Crippen molar-refractivity contribution in [2.24, 2.45) is 17.8 Å². The molecule has 4 aliphatic rings. The first kappa shape index (κ1) is 43.3. The number of fused-ring (bicyclic) bond motifs is 6. The molecule has 338 valence electrons. The van der Waals surface area contributed by atoms with Crippen LogP contribution >= 0.6 is 0 Å². The Balaban J connectivity index is 0.967. The number of alkyl carbamates (subject to hydrolysis) is 1. The van der Waals surface area contributed by atoms with Crippen LogP contribution in [0.5, 0.6) is 5.75 Å². The van der Waals surface area contributed by atoms with E-state index in [1.807, 2.05) is 29.8 Å². The lowest BCUT2D eigenvalue weighted by Gasteiger charge is -2.35. The fourth-order valence-electron chi connectivity index (χ4n) is 10.7. The number of nitrogens with zero attached hydrogens (tertiary/aromatic N) is 4. The zero-order valence-corrected chi connectivity index (χ0v) is 37.6. The highest BCUT2D eigenvalue weighted by molar-refractivity contribution is 6.07. The molecule has 64 heavy (non-hydrogen) atoms. The van der Waals surface area contributed by atoms with Crippen LogP contribution in [-0.4, -0.2) is 99.2 Å². The van der Waals surface area contributed by atoms with E-state index in [9.17, 15) is 19.2 Å². The van der Waals surface area contributed by atoms with E-state index >= 15 is 0 Å². The first-order valence-electron chi connectivity index (χ1n) is 22.9. The van der Waals surface area contributed by atoms with E-state index in [4.69, 9.17) is 28.9 Å². The average Bonchev–Trinajstić information content (AvgIpc) is 4.14. The highest BCUT2D eigenvalue weighted by atomic mass is 16.5. The molecule has 0 aliphatic carbocycles. The number of carbonyl (C=O) groups excluding carboxylic acids is 4. The number of aromatic nitrogens is 4. The first-order chi connectivity index (χ1) is 31.0. The maximum absolute atomic E-state index is 14.5. The van der Waals surface area contributed by atoms with Crippen molar-refractivity contribution in [3.63, 3.8) is 0 Å². The number of hydrogen-bond donors (Lipinski definition) is 3. The lowest BCUT2D eigenvalue weighted by atomic mass is 9.82. The lowest BCUT2D eigenvalue weighted by molar-refractivity contribution is -0.151. The topological polar surface area (TPSA) is 181 Å². The number of methoxy groups -OCH3 is 2. The Hall–Kier alpha value is -5.96. The van der Waals surface area contributed by atoms with E-state index in [1.165, 1.54) is 14.2 Å². The van der Waals surface area contributed by atoms with Gasteiger partial charge in [0.25, 0.3) is 0 Å². The van der Waals surface area contributed by atoms with Crippen LogP contribution in [0.3, 0.4) is 0 Å². The monoisotopic (exact) mass is 873 g/mol. The molecular weight excluding hydrogens is 815 g/mol. The van der Waals surface area contributed by atoms with E-state index in [2.05, 4.69) is 71.6 Å². The number of ether oxygens (including phenoxy) is 4. The third kappa shape index (κ3) is 7.96. The summed E-state index contributed by atoms with van der Waals surface area (Å²) >= 11 is 0. The Morgan fingerprint density at radius 3 is 2.41 bits per heavy atom. The zero-order valence-electron chi connectivity index (χ0n) is 37.6. The van der Waals surface area contributed by atoms with Gasteiger partial charge in [-0.3, -0.25) is 14.4 Å². The van der Waals surface area contributed by atoms with E-state index < -0.39 is 18.1 Å². The number of esters is 1. The number of likely N-dealkylation sites (tertiary alicyclic amines) is 2. The second kappa shape index (κ2) is 17.9. The summed E-state index contributed by atoms with van der Waals surface area (Å²) in [5.74, 6) is 1.18. The van der Waals surface area contributed by atoms with Crippen molar-refractivity contribution in [1.29, 1.82) is 0 Å². The molecule has 3 amide bonds. The van der Waals surface area contributed by atoms with E-state index in [0.29, 0.717) is 19.8 Å². The summed E-state index contributed by atoms with van der Waals surface area (Å²) in [5.41, 5.74) is 6.65. The van der Waals surface area contributed by atoms with E-state index in [-0.39, 0.29) is 60.2 Å². The molecule has 1 unspecified atom stereocenters.